The average molecular weight is 332 g/mol. The quantitative estimate of drug-likeness (QED) is 0.647. The van der Waals surface area contributed by atoms with E-state index in [4.69, 9.17) is 5.73 Å². The number of amides is 2. The number of nitrogens with two attached hydrogens (primary N) is 1. The second-order valence-corrected chi connectivity index (χ2v) is 6.09. The first-order valence-corrected chi connectivity index (χ1v) is 8.63. The number of anilines is 1. The summed E-state index contributed by atoms with van der Waals surface area (Å²) in [7, 11) is 0. The largest absolute Gasteiger partial charge is 0.382 e. The molecule has 2 aromatic rings. The highest BCUT2D eigenvalue weighted by atomic mass is 16.2. The molecule has 2 heterocycles. The van der Waals surface area contributed by atoms with Gasteiger partial charge >= 0.3 is 6.03 Å². The Balaban J connectivity index is 1.81. The van der Waals surface area contributed by atoms with Gasteiger partial charge in [-0.1, -0.05) is 13.3 Å². The van der Waals surface area contributed by atoms with Crippen molar-refractivity contribution >= 4 is 22.9 Å². The van der Waals surface area contributed by atoms with Gasteiger partial charge in [0.2, 0.25) is 0 Å². The van der Waals surface area contributed by atoms with E-state index in [1.54, 1.807) is 0 Å². The standard InChI is InChI=1S/C17H28N6O/c1-4-5-8-19-17(24)20-9-6-7-10-23-11-21-14-15(23)12(2)13(3)22-16(14)18/h11H,4-10H2,1-3H3,(H2,18,22)(H2,19,20,24). The van der Waals surface area contributed by atoms with Gasteiger partial charge in [0.15, 0.2) is 5.82 Å². The third kappa shape index (κ3) is 4.37. The number of rotatable bonds is 8. The van der Waals surface area contributed by atoms with E-state index in [-0.39, 0.29) is 6.03 Å². The number of nitrogens with zero attached hydrogens (tertiary/aromatic N) is 3. The second kappa shape index (κ2) is 8.52. The molecule has 0 aliphatic rings. The summed E-state index contributed by atoms with van der Waals surface area (Å²) in [5.74, 6) is 0.484. The SMILES string of the molecule is CCCCNC(=O)NCCCCn1cnc2c(N)nc(C)c(C)c21. The molecule has 0 aromatic carbocycles. The van der Waals surface area contributed by atoms with Crippen LogP contribution in [0, 0.1) is 13.8 Å². The molecule has 0 saturated heterocycles. The molecule has 2 rings (SSSR count). The molecule has 0 aliphatic carbocycles. The topological polar surface area (TPSA) is 97.9 Å². The Morgan fingerprint density at radius 1 is 1.21 bits per heavy atom. The molecule has 24 heavy (non-hydrogen) atoms. The Hall–Kier alpha value is -2.31. The van der Waals surface area contributed by atoms with Crippen molar-refractivity contribution in [3.63, 3.8) is 0 Å². The molecule has 7 nitrogen and oxygen atoms in total. The van der Waals surface area contributed by atoms with Gasteiger partial charge in [-0.3, -0.25) is 0 Å². The maximum Gasteiger partial charge on any atom is 0.314 e. The minimum absolute atomic E-state index is 0.0816. The highest BCUT2D eigenvalue weighted by molar-refractivity contribution is 5.88. The Bertz CT molecular complexity index is 694. The smallest absolute Gasteiger partial charge is 0.314 e. The van der Waals surface area contributed by atoms with Crippen LogP contribution in [0.25, 0.3) is 11.0 Å². The number of hydrogen-bond acceptors (Lipinski definition) is 4. The van der Waals surface area contributed by atoms with Gasteiger partial charge in [-0.05, 0) is 38.7 Å². The highest BCUT2D eigenvalue weighted by Gasteiger charge is 2.12. The number of fused-ring (bicyclic) bond motifs is 1. The van der Waals surface area contributed by atoms with Crippen LogP contribution in [0.1, 0.15) is 43.9 Å². The summed E-state index contributed by atoms with van der Waals surface area (Å²) >= 11 is 0. The van der Waals surface area contributed by atoms with E-state index in [2.05, 4.69) is 32.1 Å². The van der Waals surface area contributed by atoms with Crippen LogP contribution in [0.5, 0.6) is 0 Å². The van der Waals surface area contributed by atoms with E-state index in [1.807, 2.05) is 20.2 Å². The lowest BCUT2D eigenvalue weighted by molar-refractivity contribution is 0.240. The van der Waals surface area contributed by atoms with Crippen LogP contribution in [-0.2, 0) is 6.54 Å². The minimum atomic E-state index is -0.0816. The molecule has 2 amide bonds. The van der Waals surface area contributed by atoms with Gasteiger partial charge in [-0.2, -0.15) is 0 Å². The lowest BCUT2D eigenvalue weighted by Gasteiger charge is -2.10. The molecule has 0 fully saturated rings. The van der Waals surface area contributed by atoms with Crippen molar-refractivity contribution in [1.82, 2.24) is 25.2 Å². The van der Waals surface area contributed by atoms with Crippen molar-refractivity contribution in [1.29, 1.82) is 0 Å². The molecule has 7 heteroatoms. The maximum atomic E-state index is 11.5. The summed E-state index contributed by atoms with van der Waals surface area (Å²) in [5.41, 5.74) is 9.84. The summed E-state index contributed by atoms with van der Waals surface area (Å²) in [6.07, 6.45) is 5.79. The van der Waals surface area contributed by atoms with E-state index in [0.717, 1.165) is 61.1 Å². The van der Waals surface area contributed by atoms with Gasteiger partial charge in [0, 0.05) is 25.3 Å². The van der Waals surface area contributed by atoms with Crippen LogP contribution in [0.2, 0.25) is 0 Å². The van der Waals surface area contributed by atoms with Crippen molar-refractivity contribution in [3.05, 3.63) is 17.6 Å². The Morgan fingerprint density at radius 2 is 1.92 bits per heavy atom. The fourth-order valence-electron chi connectivity index (χ4n) is 2.67. The number of aromatic nitrogens is 3. The van der Waals surface area contributed by atoms with Crippen LogP contribution in [-0.4, -0.2) is 33.7 Å². The average Bonchev–Trinajstić information content (AvgIpc) is 2.97. The molecule has 2 aromatic heterocycles. The third-order valence-electron chi connectivity index (χ3n) is 4.19. The zero-order valence-corrected chi connectivity index (χ0v) is 14.9. The third-order valence-corrected chi connectivity index (χ3v) is 4.19. The van der Waals surface area contributed by atoms with Crippen molar-refractivity contribution in [2.75, 3.05) is 18.8 Å². The number of hydrogen-bond donors (Lipinski definition) is 3. The predicted molar refractivity (Wildman–Crippen MR) is 97.0 cm³/mol. The number of aryl methyl sites for hydroxylation is 3. The van der Waals surface area contributed by atoms with Crippen molar-refractivity contribution in [3.8, 4) is 0 Å². The van der Waals surface area contributed by atoms with Gasteiger partial charge in [-0.15, -0.1) is 0 Å². The van der Waals surface area contributed by atoms with E-state index in [1.165, 1.54) is 0 Å². The molecule has 0 bridgehead atoms. The number of imidazole rings is 1. The Labute approximate surface area is 143 Å². The molecule has 0 atom stereocenters. The monoisotopic (exact) mass is 332 g/mol. The van der Waals surface area contributed by atoms with Crippen LogP contribution in [0.4, 0.5) is 10.6 Å². The normalized spacial score (nSPS) is 11.0. The van der Waals surface area contributed by atoms with E-state index in [0.29, 0.717) is 12.4 Å². The fourth-order valence-corrected chi connectivity index (χ4v) is 2.67. The molecule has 0 unspecified atom stereocenters. The zero-order valence-electron chi connectivity index (χ0n) is 14.9. The van der Waals surface area contributed by atoms with Crippen LogP contribution in [0.15, 0.2) is 6.33 Å². The van der Waals surface area contributed by atoms with Gasteiger partial charge < -0.3 is 20.9 Å². The molecule has 0 radical (unpaired) electrons. The lowest BCUT2D eigenvalue weighted by Crippen LogP contribution is -2.36. The molecular formula is C17H28N6O. The molecule has 132 valence electrons. The summed E-state index contributed by atoms with van der Waals surface area (Å²) in [4.78, 5) is 20.3. The van der Waals surface area contributed by atoms with Gasteiger partial charge in [0.05, 0.1) is 11.8 Å². The van der Waals surface area contributed by atoms with Gasteiger partial charge in [0.25, 0.3) is 0 Å². The molecular weight excluding hydrogens is 304 g/mol. The van der Waals surface area contributed by atoms with Crippen molar-refractivity contribution < 1.29 is 4.79 Å². The van der Waals surface area contributed by atoms with Gasteiger partial charge in [-0.25, -0.2) is 14.8 Å². The molecule has 0 saturated carbocycles. The number of pyridine rings is 1. The predicted octanol–water partition coefficient (Wildman–Crippen LogP) is 2.51. The van der Waals surface area contributed by atoms with Gasteiger partial charge in [0.1, 0.15) is 5.52 Å². The Morgan fingerprint density at radius 3 is 2.62 bits per heavy atom. The molecule has 0 spiro atoms. The van der Waals surface area contributed by atoms with Crippen molar-refractivity contribution in [2.24, 2.45) is 0 Å². The minimum Gasteiger partial charge on any atom is -0.382 e. The maximum absolute atomic E-state index is 11.5. The summed E-state index contributed by atoms with van der Waals surface area (Å²) < 4.78 is 2.12. The Kier molecular flexibility index (Phi) is 6.40. The second-order valence-electron chi connectivity index (χ2n) is 6.09. The molecule has 0 aliphatic heterocycles. The first kappa shape index (κ1) is 18.0. The molecule has 4 N–H and O–H groups in total. The number of nitrogens with one attached hydrogen (secondary N) is 2. The lowest BCUT2D eigenvalue weighted by atomic mass is 10.2. The van der Waals surface area contributed by atoms with E-state index >= 15 is 0 Å². The summed E-state index contributed by atoms with van der Waals surface area (Å²) in [6, 6.07) is -0.0816. The summed E-state index contributed by atoms with van der Waals surface area (Å²) in [5, 5.41) is 5.73. The first-order chi connectivity index (χ1) is 11.5. The number of carbonyl (C=O) groups is 1. The number of unbranched alkanes of at least 4 members (excludes halogenated alkanes) is 2. The van der Waals surface area contributed by atoms with E-state index in [9.17, 15) is 4.79 Å². The number of carbonyl (C=O) groups excluding carboxylic acids is 1. The first-order valence-electron chi connectivity index (χ1n) is 8.63. The van der Waals surface area contributed by atoms with Crippen LogP contribution in [0.3, 0.4) is 0 Å². The van der Waals surface area contributed by atoms with Crippen LogP contribution >= 0.6 is 0 Å². The fraction of sp³-hybridized carbons (Fsp3) is 0.588. The summed E-state index contributed by atoms with van der Waals surface area (Å²) in [6.45, 7) is 8.36. The number of nitrogen functional groups attached to an aromatic ring is 1. The van der Waals surface area contributed by atoms with Crippen molar-refractivity contribution in [2.45, 2.75) is 53.0 Å². The zero-order chi connectivity index (χ0) is 17.5. The highest BCUT2D eigenvalue weighted by Crippen LogP contribution is 2.23. The van der Waals surface area contributed by atoms with E-state index < -0.39 is 0 Å². The number of urea groups is 1. The van der Waals surface area contributed by atoms with Crippen LogP contribution < -0.4 is 16.4 Å².